The highest BCUT2D eigenvalue weighted by Gasteiger charge is 2.26. The van der Waals surface area contributed by atoms with E-state index in [2.05, 4.69) is 26.1 Å². The zero-order valence-electron chi connectivity index (χ0n) is 17.1. The van der Waals surface area contributed by atoms with Crippen LogP contribution in [0.25, 0.3) is 0 Å². The van der Waals surface area contributed by atoms with E-state index in [0.717, 1.165) is 24.2 Å². The molecule has 3 heterocycles. The first-order chi connectivity index (χ1) is 14.3. The maximum Gasteiger partial charge on any atom is 0.309 e. The van der Waals surface area contributed by atoms with E-state index in [1.165, 1.54) is 6.20 Å². The Morgan fingerprint density at radius 1 is 1.30 bits per heavy atom. The molecule has 9 nitrogen and oxygen atoms in total. The van der Waals surface area contributed by atoms with Crippen LogP contribution in [-0.2, 0) is 11.4 Å². The number of hydrogen-bond donors (Lipinski definition) is 4. The van der Waals surface area contributed by atoms with Gasteiger partial charge in [-0.3, -0.25) is 25.0 Å². The Bertz CT molecular complexity index is 879. The van der Waals surface area contributed by atoms with Gasteiger partial charge >= 0.3 is 5.97 Å². The molecule has 2 aromatic heterocycles. The minimum atomic E-state index is -0.894. The standard InChI is InChI=1S/C21H27N5O4/c1-21(2,20(28)29)6-8-23-19(27)15-9-14(10-22-11-15)13-30-16-3-4-17(24-12-16)18-5-7-25-26-18/h3-4,9-12,18,25-26H,5-8,13H2,1-2H3,(H,23,27)(H,28,29). The molecular formula is C21H27N5O4. The van der Waals surface area contributed by atoms with Gasteiger partial charge in [-0.2, -0.15) is 0 Å². The molecule has 1 aliphatic rings. The minimum absolute atomic E-state index is 0.208. The minimum Gasteiger partial charge on any atom is -0.487 e. The molecule has 1 atom stereocenters. The normalized spacial score (nSPS) is 16.3. The molecule has 0 spiro atoms. The van der Waals surface area contributed by atoms with Crippen molar-refractivity contribution in [1.82, 2.24) is 26.1 Å². The number of carbonyl (C=O) groups is 2. The van der Waals surface area contributed by atoms with Gasteiger partial charge in [-0.1, -0.05) is 0 Å². The molecule has 0 saturated carbocycles. The van der Waals surface area contributed by atoms with Crippen molar-refractivity contribution in [2.24, 2.45) is 5.41 Å². The van der Waals surface area contributed by atoms with Crippen molar-refractivity contribution in [3.63, 3.8) is 0 Å². The smallest absolute Gasteiger partial charge is 0.309 e. The molecule has 0 radical (unpaired) electrons. The number of hydrogen-bond acceptors (Lipinski definition) is 7. The van der Waals surface area contributed by atoms with E-state index >= 15 is 0 Å². The maximum absolute atomic E-state index is 12.3. The molecule has 9 heteroatoms. The fourth-order valence-electron chi connectivity index (χ4n) is 2.94. The average Bonchev–Trinajstić information content (AvgIpc) is 3.27. The lowest BCUT2D eigenvalue weighted by molar-refractivity contribution is -0.147. The van der Waals surface area contributed by atoms with Crippen molar-refractivity contribution < 1.29 is 19.4 Å². The number of aliphatic carboxylic acids is 1. The van der Waals surface area contributed by atoms with Crippen molar-refractivity contribution in [1.29, 1.82) is 0 Å². The van der Waals surface area contributed by atoms with E-state index in [0.29, 0.717) is 17.7 Å². The number of amides is 1. The van der Waals surface area contributed by atoms with E-state index in [-0.39, 0.29) is 25.1 Å². The highest BCUT2D eigenvalue weighted by molar-refractivity contribution is 5.94. The SMILES string of the molecule is CC(C)(CCNC(=O)c1cncc(COc2ccc(C3CCNN3)nc2)c1)C(=O)O. The zero-order valence-corrected chi connectivity index (χ0v) is 17.1. The Kier molecular flexibility index (Phi) is 6.96. The molecule has 0 bridgehead atoms. The molecule has 3 rings (SSSR count). The van der Waals surface area contributed by atoms with Crippen LogP contribution in [0.4, 0.5) is 0 Å². The lowest BCUT2D eigenvalue weighted by Gasteiger charge is -2.18. The first-order valence-electron chi connectivity index (χ1n) is 9.88. The van der Waals surface area contributed by atoms with Crippen molar-refractivity contribution in [3.8, 4) is 5.75 Å². The van der Waals surface area contributed by atoms with E-state index in [1.54, 1.807) is 32.3 Å². The van der Waals surface area contributed by atoms with E-state index in [1.807, 2.05) is 12.1 Å². The fourth-order valence-corrected chi connectivity index (χ4v) is 2.94. The average molecular weight is 413 g/mol. The van der Waals surface area contributed by atoms with Gasteiger partial charge in [-0.15, -0.1) is 0 Å². The number of nitrogens with one attached hydrogen (secondary N) is 3. The van der Waals surface area contributed by atoms with Gasteiger partial charge < -0.3 is 15.2 Å². The highest BCUT2D eigenvalue weighted by atomic mass is 16.5. The van der Waals surface area contributed by atoms with Gasteiger partial charge in [-0.05, 0) is 44.9 Å². The van der Waals surface area contributed by atoms with Crippen LogP contribution in [-0.4, -0.2) is 40.0 Å². The molecule has 2 aromatic rings. The molecule has 1 saturated heterocycles. The monoisotopic (exact) mass is 413 g/mol. The second kappa shape index (κ2) is 9.64. The van der Waals surface area contributed by atoms with Crippen LogP contribution in [0.5, 0.6) is 5.75 Å². The van der Waals surface area contributed by atoms with Gasteiger partial charge in [0, 0.05) is 31.0 Å². The summed E-state index contributed by atoms with van der Waals surface area (Å²) in [6, 6.07) is 5.72. The molecule has 0 aromatic carbocycles. The number of rotatable bonds is 9. The number of nitrogens with zero attached hydrogens (tertiary/aromatic N) is 2. The first-order valence-corrected chi connectivity index (χ1v) is 9.88. The fraction of sp³-hybridized carbons (Fsp3) is 0.429. The van der Waals surface area contributed by atoms with Gasteiger partial charge in [0.2, 0.25) is 0 Å². The Hall–Kier alpha value is -3.04. The number of carboxylic acids is 1. The summed E-state index contributed by atoms with van der Waals surface area (Å²) in [4.78, 5) is 32.0. The van der Waals surface area contributed by atoms with Crippen LogP contribution in [0.3, 0.4) is 0 Å². The number of hydrazine groups is 1. The number of pyridine rings is 2. The van der Waals surface area contributed by atoms with E-state index in [9.17, 15) is 9.59 Å². The second-order valence-corrected chi connectivity index (χ2v) is 7.90. The number of ether oxygens (including phenoxy) is 1. The lowest BCUT2D eigenvalue weighted by Crippen LogP contribution is -2.32. The van der Waals surface area contributed by atoms with Gasteiger partial charge in [0.15, 0.2) is 0 Å². The summed E-state index contributed by atoms with van der Waals surface area (Å²) in [6.45, 7) is 4.69. The predicted octanol–water partition coefficient (Wildman–Crippen LogP) is 1.83. The van der Waals surface area contributed by atoms with Crippen LogP contribution in [0.2, 0.25) is 0 Å². The van der Waals surface area contributed by atoms with Gasteiger partial charge in [0.1, 0.15) is 12.4 Å². The summed E-state index contributed by atoms with van der Waals surface area (Å²) in [5, 5.41) is 11.9. The first kappa shape index (κ1) is 21.7. The Morgan fingerprint density at radius 3 is 2.80 bits per heavy atom. The van der Waals surface area contributed by atoms with Crippen molar-refractivity contribution in [2.75, 3.05) is 13.1 Å². The van der Waals surface area contributed by atoms with Crippen LogP contribution < -0.4 is 20.9 Å². The highest BCUT2D eigenvalue weighted by Crippen LogP contribution is 2.20. The molecule has 160 valence electrons. The molecular weight excluding hydrogens is 386 g/mol. The predicted molar refractivity (Wildman–Crippen MR) is 110 cm³/mol. The third kappa shape index (κ3) is 5.74. The van der Waals surface area contributed by atoms with E-state index in [4.69, 9.17) is 9.84 Å². The van der Waals surface area contributed by atoms with Gasteiger partial charge in [0.05, 0.1) is 28.9 Å². The van der Waals surface area contributed by atoms with Crippen molar-refractivity contribution >= 4 is 11.9 Å². The largest absolute Gasteiger partial charge is 0.487 e. The van der Waals surface area contributed by atoms with Crippen LogP contribution in [0.15, 0.2) is 36.8 Å². The number of aromatic nitrogens is 2. The molecule has 1 amide bonds. The summed E-state index contributed by atoms with van der Waals surface area (Å²) < 4.78 is 5.76. The second-order valence-electron chi connectivity index (χ2n) is 7.90. The Balaban J connectivity index is 1.51. The Morgan fingerprint density at radius 2 is 2.13 bits per heavy atom. The molecule has 1 aliphatic heterocycles. The molecule has 1 fully saturated rings. The summed E-state index contributed by atoms with van der Waals surface area (Å²) in [6.07, 6.45) is 6.12. The third-order valence-corrected chi connectivity index (χ3v) is 5.03. The van der Waals surface area contributed by atoms with Gasteiger partial charge in [0.25, 0.3) is 5.91 Å². The maximum atomic E-state index is 12.3. The molecule has 0 aliphatic carbocycles. The quantitative estimate of drug-likeness (QED) is 0.491. The van der Waals surface area contributed by atoms with Crippen LogP contribution in [0, 0.1) is 5.41 Å². The Labute approximate surface area is 175 Å². The summed E-state index contributed by atoms with van der Waals surface area (Å²) >= 11 is 0. The molecule has 4 N–H and O–H groups in total. The summed E-state index contributed by atoms with van der Waals surface area (Å²) in [7, 11) is 0. The number of carboxylic acid groups (broad SMARTS) is 1. The summed E-state index contributed by atoms with van der Waals surface area (Å²) in [5.41, 5.74) is 7.46. The van der Waals surface area contributed by atoms with Crippen LogP contribution >= 0.6 is 0 Å². The van der Waals surface area contributed by atoms with Gasteiger partial charge in [-0.25, -0.2) is 5.43 Å². The van der Waals surface area contributed by atoms with Crippen molar-refractivity contribution in [2.45, 2.75) is 39.3 Å². The molecule has 30 heavy (non-hydrogen) atoms. The summed E-state index contributed by atoms with van der Waals surface area (Å²) in [5.74, 6) is -0.555. The topological polar surface area (TPSA) is 125 Å². The van der Waals surface area contributed by atoms with Crippen LogP contribution in [0.1, 0.15) is 54.3 Å². The lowest BCUT2D eigenvalue weighted by atomic mass is 9.90. The number of carbonyl (C=O) groups excluding carboxylic acids is 1. The third-order valence-electron chi connectivity index (χ3n) is 5.03. The molecule has 1 unspecified atom stereocenters. The van der Waals surface area contributed by atoms with E-state index < -0.39 is 11.4 Å². The zero-order chi connectivity index (χ0) is 21.6. The van der Waals surface area contributed by atoms with Crippen molar-refractivity contribution in [3.05, 3.63) is 53.6 Å².